The van der Waals surface area contributed by atoms with Gasteiger partial charge in [0.2, 0.25) is 5.78 Å². The van der Waals surface area contributed by atoms with Crippen molar-refractivity contribution in [2.45, 2.75) is 6.04 Å². The van der Waals surface area contributed by atoms with Gasteiger partial charge in [-0.25, -0.2) is 10.2 Å². The molecule has 0 saturated heterocycles. The molecule has 10 heteroatoms. The fourth-order valence-corrected chi connectivity index (χ4v) is 2.69. The Morgan fingerprint density at radius 2 is 1.85 bits per heavy atom. The van der Waals surface area contributed by atoms with Gasteiger partial charge in [0.05, 0.1) is 33.6 Å². The molecule has 0 aliphatic carbocycles. The Hall–Kier alpha value is -2.62. The van der Waals surface area contributed by atoms with Crippen molar-refractivity contribution in [1.29, 1.82) is 0 Å². The van der Waals surface area contributed by atoms with Gasteiger partial charge in [-0.1, -0.05) is 35.3 Å². The number of halogens is 2. The second-order valence-corrected chi connectivity index (χ2v) is 6.27. The van der Waals surface area contributed by atoms with Crippen molar-refractivity contribution in [2.75, 3.05) is 5.32 Å². The second-order valence-electron chi connectivity index (χ2n) is 5.43. The molecule has 0 spiro atoms. The van der Waals surface area contributed by atoms with Crippen molar-refractivity contribution >= 4 is 51.6 Å². The van der Waals surface area contributed by atoms with E-state index in [0.717, 1.165) is 6.20 Å². The van der Waals surface area contributed by atoms with E-state index in [4.69, 9.17) is 23.2 Å². The van der Waals surface area contributed by atoms with Crippen LogP contribution in [0.25, 0.3) is 11.0 Å². The summed E-state index contributed by atoms with van der Waals surface area (Å²) in [5.41, 5.74) is 0.829. The zero-order valence-corrected chi connectivity index (χ0v) is 15.0. The van der Waals surface area contributed by atoms with Crippen LogP contribution >= 0.6 is 23.2 Å². The smallest absolute Gasteiger partial charge is 0.293 e. The highest BCUT2D eigenvalue weighted by Gasteiger charge is 2.30. The van der Waals surface area contributed by atoms with Crippen molar-refractivity contribution in [2.24, 2.45) is 0 Å². The lowest BCUT2D eigenvalue weighted by molar-refractivity contribution is -0.148. The number of para-hydroxylation sites is 2. The normalized spacial score (nSPS) is 12.2. The molecule has 1 amide bonds. The molecular weight excluding hydrogens is 395 g/mol. The van der Waals surface area contributed by atoms with E-state index in [0.29, 0.717) is 11.0 Å². The Kier molecular flexibility index (Phi) is 5.64. The molecule has 27 heavy (non-hydrogen) atoms. The molecule has 0 saturated carbocycles. The minimum Gasteiger partial charge on any atom is -0.761 e. The zero-order valence-electron chi connectivity index (χ0n) is 13.5. The summed E-state index contributed by atoms with van der Waals surface area (Å²) in [6, 6.07) is 9.13. The van der Waals surface area contributed by atoms with Gasteiger partial charge in [0, 0.05) is 5.02 Å². The highest BCUT2D eigenvalue weighted by Crippen LogP contribution is 2.26. The first kappa shape index (κ1) is 19.2. The van der Waals surface area contributed by atoms with Gasteiger partial charge in [-0.15, -0.1) is 0 Å². The van der Waals surface area contributed by atoms with E-state index in [1.54, 1.807) is 24.3 Å². The lowest BCUT2D eigenvalue weighted by Gasteiger charge is -2.28. The fourth-order valence-electron chi connectivity index (χ4n) is 2.35. The number of benzene rings is 2. The summed E-state index contributed by atoms with van der Waals surface area (Å²) in [6.45, 7) is 0. The third-order valence-corrected chi connectivity index (χ3v) is 4.18. The molecule has 1 aromatic heterocycles. The number of amides is 1. The van der Waals surface area contributed by atoms with Crippen LogP contribution in [0.3, 0.4) is 0 Å². The minimum atomic E-state index is -1.89. The summed E-state index contributed by atoms with van der Waals surface area (Å²) in [7, 11) is 0. The third kappa shape index (κ3) is 4.21. The predicted octanol–water partition coefficient (Wildman–Crippen LogP) is 3.37. The number of ketones is 1. The van der Waals surface area contributed by atoms with Crippen molar-refractivity contribution in [3.05, 3.63) is 69.6 Å². The summed E-state index contributed by atoms with van der Waals surface area (Å²) in [5, 5.41) is 23.0. The minimum absolute atomic E-state index is 0.0845. The maximum absolute atomic E-state index is 12.5. The second kappa shape index (κ2) is 7.95. The highest BCUT2D eigenvalue weighted by molar-refractivity contribution is 6.44. The molecule has 0 radical (unpaired) electrons. The molecule has 2 aromatic carbocycles. The van der Waals surface area contributed by atoms with Gasteiger partial charge in [-0.05, 0) is 30.3 Å². The molecule has 1 heterocycles. The van der Waals surface area contributed by atoms with E-state index in [1.165, 1.54) is 18.2 Å². The Morgan fingerprint density at radius 1 is 1.15 bits per heavy atom. The van der Waals surface area contributed by atoms with E-state index in [1.807, 2.05) is 0 Å². The fraction of sp³-hybridized carbons (Fsp3) is 0.0588. The number of hydrogen-bond donors (Lipinski definition) is 2. The van der Waals surface area contributed by atoms with Gasteiger partial charge < -0.3 is 15.7 Å². The monoisotopic (exact) mass is 405 g/mol. The van der Waals surface area contributed by atoms with Crippen molar-refractivity contribution in [3.63, 3.8) is 0 Å². The molecule has 138 valence electrons. The van der Waals surface area contributed by atoms with Crippen molar-refractivity contribution < 1.29 is 14.8 Å². The summed E-state index contributed by atoms with van der Waals surface area (Å²) < 4.78 is 0. The average molecular weight is 406 g/mol. The molecule has 3 rings (SSSR count). The predicted molar refractivity (Wildman–Crippen MR) is 99.4 cm³/mol. The van der Waals surface area contributed by atoms with Gasteiger partial charge in [-0.3, -0.25) is 14.6 Å². The number of nitrogens with zero attached hydrogens (tertiary/aromatic N) is 3. The van der Waals surface area contributed by atoms with Crippen LogP contribution in [0.2, 0.25) is 10.0 Å². The molecule has 0 fully saturated rings. The number of Topliss-reactive ketones (excluding diaryl/α,β-unsaturated/α-hetero) is 1. The van der Waals surface area contributed by atoms with Gasteiger partial charge >= 0.3 is 0 Å². The topological polar surface area (TPSA) is 118 Å². The van der Waals surface area contributed by atoms with E-state index in [-0.39, 0.29) is 21.4 Å². The molecule has 0 aliphatic heterocycles. The summed E-state index contributed by atoms with van der Waals surface area (Å²) >= 11 is 11.8. The Bertz CT molecular complexity index is 1030. The van der Waals surface area contributed by atoms with Crippen LogP contribution in [0.15, 0.2) is 48.7 Å². The van der Waals surface area contributed by atoms with Crippen LogP contribution in [-0.4, -0.2) is 32.1 Å². The maximum Gasteiger partial charge on any atom is 0.293 e. The molecule has 0 aliphatic rings. The Balaban J connectivity index is 1.90. The zero-order chi connectivity index (χ0) is 19.6. The number of carbonyl (C=O) groups is 2. The number of anilines is 1. The summed E-state index contributed by atoms with van der Waals surface area (Å²) in [5.74, 6) is -2.41. The quantitative estimate of drug-likeness (QED) is 0.493. The number of fused-ring (bicyclic) bond motifs is 1. The van der Waals surface area contributed by atoms with Crippen LogP contribution in [0.1, 0.15) is 11.7 Å². The van der Waals surface area contributed by atoms with Crippen molar-refractivity contribution in [1.82, 2.24) is 15.2 Å². The van der Waals surface area contributed by atoms with E-state index in [9.17, 15) is 20.0 Å². The van der Waals surface area contributed by atoms with Crippen LogP contribution < -0.4 is 5.32 Å². The van der Waals surface area contributed by atoms with Gasteiger partial charge in [0.15, 0.2) is 0 Å². The number of hydrogen-bond acceptors (Lipinski definition) is 7. The number of hydroxylamine groups is 2. The standard InChI is InChI=1S/C17H11Cl2N4O4/c18-9-5-6-10(19)13(7-9)22-17(25)16(24)15(23(26)27)14-8-20-11-3-1-2-4-12(11)21-14/h1-8,15,26H,(H,22,25)/q-1. The highest BCUT2D eigenvalue weighted by atomic mass is 35.5. The number of rotatable bonds is 5. The third-order valence-electron chi connectivity index (χ3n) is 3.62. The Labute approximate surface area is 162 Å². The van der Waals surface area contributed by atoms with Crippen LogP contribution in [-0.2, 0) is 9.59 Å². The molecule has 1 unspecified atom stereocenters. The van der Waals surface area contributed by atoms with E-state index >= 15 is 0 Å². The molecule has 3 aromatic rings. The Morgan fingerprint density at radius 3 is 2.56 bits per heavy atom. The average Bonchev–Trinajstić information content (AvgIpc) is 2.64. The lowest BCUT2D eigenvalue weighted by Crippen LogP contribution is -2.36. The van der Waals surface area contributed by atoms with Crippen molar-refractivity contribution in [3.8, 4) is 0 Å². The number of nitrogens with one attached hydrogen (secondary N) is 1. The molecule has 0 bridgehead atoms. The van der Waals surface area contributed by atoms with Crippen LogP contribution in [0.5, 0.6) is 0 Å². The maximum atomic E-state index is 12.5. The first-order valence-corrected chi connectivity index (χ1v) is 8.29. The molecule has 1 atom stereocenters. The first-order valence-electron chi connectivity index (χ1n) is 7.54. The summed E-state index contributed by atoms with van der Waals surface area (Å²) in [6.07, 6.45) is 1.14. The van der Waals surface area contributed by atoms with Crippen LogP contribution in [0, 0.1) is 5.21 Å². The van der Waals surface area contributed by atoms with Gasteiger partial charge in [-0.2, -0.15) is 0 Å². The van der Waals surface area contributed by atoms with Gasteiger partial charge in [0.1, 0.15) is 6.04 Å². The summed E-state index contributed by atoms with van der Waals surface area (Å²) in [4.78, 5) is 32.9. The SMILES string of the molecule is O=C(Nc1cc(Cl)ccc1Cl)C(=O)C(c1cnc2ccccc2n1)N([O-])O. The molecule has 2 N–H and O–H groups in total. The molecule has 8 nitrogen and oxygen atoms in total. The largest absolute Gasteiger partial charge is 0.761 e. The lowest BCUT2D eigenvalue weighted by atomic mass is 10.1. The first-order chi connectivity index (χ1) is 12.9. The molecular formula is C17H11Cl2N4O4-. The number of carbonyl (C=O) groups excluding carboxylic acids is 2. The van der Waals surface area contributed by atoms with E-state index < -0.39 is 23.0 Å². The van der Waals surface area contributed by atoms with Crippen LogP contribution in [0.4, 0.5) is 5.69 Å². The van der Waals surface area contributed by atoms with Gasteiger partial charge in [0.25, 0.3) is 5.91 Å². The van der Waals surface area contributed by atoms with E-state index in [2.05, 4.69) is 15.3 Å². The number of aromatic nitrogens is 2.